The third kappa shape index (κ3) is 5.58. The number of aryl methyl sites for hydroxylation is 1. The van der Waals surface area contributed by atoms with Crippen LogP contribution in [0, 0.1) is 0 Å². The lowest BCUT2D eigenvalue weighted by molar-refractivity contribution is -0.133. The zero-order valence-corrected chi connectivity index (χ0v) is 16.7. The van der Waals surface area contributed by atoms with Crippen LogP contribution in [-0.4, -0.2) is 38.9 Å². The molecule has 1 atom stereocenters. The van der Waals surface area contributed by atoms with Crippen LogP contribution >= 0.6 is 23.1 Å². The van der Waals surface area contributed by atoms with Gasteiger partial charge in [-0.2, -0.15) is 0 Å². The van der Waals surface area contributed by atoms with E-state index in [-0.39, 0.29) is 23.2 Å². The lowest BCUT2D eigenvalue weighted by atomic mass is 10.0. The Morgan fingerprint density at radius 3 is 2.41 bits per heavy atom. The van der Waals surface area contributed by atoms with Crippen LogP contribution < -0.4 is 5.32 Å². The van der Waals surface area contributed by atoms with Gasteiger partial charge in [0.25, 0.3) is 0 Å². The zero-order chi connectivity index (χ0) is 20.0. The monoisotopic (exact) mass is 407 g/mol. The van der Waals surface area contributed by atoms with Crippen LogP contribution in [0.5, 0.6) is 5.75 Å². The van der Waals surface area contributed by atoms with E-state index in [0.29, 0.717) is 22.5 Å². The van der Waals surface area contributed by atoms with Crippen molar-refractivity contribution in [2.45, 2.75) is 31.9 Å². The fraction of sp³-hybridized carbons (Fsp3) is 0.316. The first-order chi connectivity index (χ1) is 12.8. The third-order valence-electron chi connectivity index (χ3n) is 3.81. The highest BCUT2D eigenvalue weighted by Gasteiger charge is 2.23. The van der Waals surface area contributed by atoms with Gasteiger partial charge >= 0.3 is 5.97 Å². The number of thiophene rings is 1. The van der Waals surface area contributed by atoms with Crippen LogP contribution in [0.3, 0.4) is 0 Å². The first-order valence-electron chi connectivity index (χ1n) is 8.46. The second-order valence-electron chi connectivity index (χ2n) is 5.78. The van der Waals surface area contributed by atoms with E-state index < -0.39 is 11.2 Å². The Morgan fingerprint density at radius 2 is 1.85 bits per heavy atom. The van der Waals surface area contributed by atoms with Crippen molar-refractivity contribution in [3.05, 3.63) is 46.3 Å². The predicted octanol–water partition coefficient (Wildman–Crippen LogP) is 3.78. The van der Waals surface area contributed by atoms with Gasteiger partial charge in [-0.05, 0) is 43.2 Å². The molecule has 1 heterocycles. The highest BCUT2D eigenvalue weighted by atomic mass is 32.2. The molecule has 0 radical (unpaired) electrons. The van der Waals surface area contributed by atoms with E-state index in [2.05, 4.69) is 5.32 Å². The number of carboxylic acid groups (broad SMARTS) is 1. The summed E-state index contributed by atoms with van der Waals surface area (Å²) in [6, 6.07) is 7.71. The van der Waals surface area contributed by atoms with Crippen molar-refractivity contribution in [1.82, 2.24) is 0 Å². The Bertz CT molecular complexity index is 829. The summed E-state index contributed by atoms with van der Waals surface area (Å²) in [7, 11) is 0. The number of rotatable bonds is 9. The highest BCUT2D eigenvalue weighted by Crippen LogP contribution is 2.32. The molecule has 0 bridgehead atoms. The number of hydrogen-bond donors (Lipinski definition) is 3. The number of anilines is 1. The average Bonchev–Trinajstić information content (AvgIpc) is 3.05. The Kier molecular flexibility index (Phi) is 7.44. The Labute approximate surface area is 165 Å². The largest absolute Gasteiger partial charge is 0.508 e. The summed E-state index contributed by atoms with van der Waals surface area (Å²) >= 11 is 2.40. The summed E-state index contributed by atoms with van der Waals surface area (Å²) in [6.45, 7) is 3.78. The molecule has 1 amide bonds. The van der Waals surface area contributed by atoms with Gasteiger partial charge in [-0.15, -0.1) is 23.1 Å². The number of phenols is 1. The van der Waals surface area contributed by atoms with Gasteiger partial charge in [0.05, 0.1) is 16.6 Å². The molecular formula is C19H21NO5S2. The van der Waals surface area contributed by atoms with Crippen LogP contribution in [0.2, 0.25) is 0 Å². The van der Waals surface area contributed by atoms with Gasteiger partial charge in [0.2, 0.25) is 5.91 Å². The number of thioether (sulfide) groups is 1. The van der Waals surface area contributed by atoms with Crippen molar-refractivity contribution in [3.8, 4) is 5.75 Å². The molecule has 0 saturated carbocycles. The first kappa shape index (κ1) is 21.0. The number of aromatic hydroxyl groups is 1. The number of ketones is 1. The van der Waals surface area contributed by atoms with Crippen molar-refractivity contribution in [3.63, 3.8) is 0 Å². The van der Waals surface area contributed by atoms with Crippen molar-refractivity contribution < 1.29 is 24.6 Å². The molecule has 0 spiro atoms. The molecule has 0 fully saturated rings. The van der Waals surface area contributed by atoms with Gasteiger partial charge in [0.1, 0.15) is 10.8 Å². The third-order valence-corrected chi connectivity index (χ3v) is 6.37. The van der Waals surface area contributed by atoms with Crippen LogP contribution in [-0.2, 0) is 16.0 Å². The Morgan fingerprint density at radius 1 is 1.19 bits per heavy atom. The summed E-state index contributed by atoms with van der Waals surface area (Å²) < 4.78 is 0. The minimum Gasteiger partial charge on any atom is -0.508 e. The SMILES string of the molecule is CCc1cc(C(=O)c2ccc(O)cc2)c(NC(=O)C(CC)SCC(=O)O)s1. The molecule has 1 unspecified atom stereocenters. The van der Waals surface area contributed by atoms with E-state index >= 15 is 0 Å². The molecule has 0 aliphatic heterocycles. The fourth-order valence-corrected chi connectivity index (χ4v) is 4.18. The average molecular weight is 408 g/mol. The van der Waals surface area contributed by atoms with Crippen LogP contribution in [0.15, 0.2) is 30.3 Å². The van der Waals surface area contributed by atoms with Gasteiger partial charge in [0.15, 0.2) is 5.78 Å². The topological polar surface area (TPSA) is 104 Å². The number of nitrogens with one attached hydrogen (secondary N) is 1. The van der Waals surface area contributed by atoms with Crippen molar-refractivity contribution >= 4 is 45.8 Å². The number of benzene rings is 1. The summed E-state index contributed by atoms with van der Waals surface area (Å²) in [6.07, 6.45) is 1.21. The van der Waals surface area contributed by atoms with E-state index in [1.165, 1.54) is 35.6 Å². The van der Waals surface area contributed by atoms with Gasteiger partial charge < -0.3 is 15.5 Å². The molecule has 3 N–H and O–H groups in total. The smallest absolute Gasteiger partial charge is 0.313 e. The van der Waals surface area contributed by atoms with Gasteiger partial charge in [-0.3, -0.25) is 14.4 Å². The van der Waals surface area contributed by atoms with E-state index in [9.17, 15) is 19.5 Å². The molecule has 144 valence electrons. The Balaban J connectivity index is 2.24. The zero-order valence-electron chi connectivity index (χ0n) is 15.0. The second kappa shape index (κ2) is 9.57. The van der Waals surface area contributed by atoms with E-state index in [4.69, 9.17) is 5.11 Å². The van der Waals surface area contributed by atoms with Gasteiger partial charge in [-0.25, -0.2) is 0 Å². The summed E-state index contributed by atoms with van der Waals surface area (Å²) in [5.41, 5.74) is 0.810. The maximum Gasteiger partial charge on any atom is 0.313 e. The maximum absolute atomic E-state index is 12.8. The number of carboxylic acids is 1. The summed E-state index contributed by atoms with van der Waals surface area (Å²) in [5.74, 6) is -1.61. The van der Waals surface area contributed by atoms with E-state index in [1.54, 1.807) is 6.07 Å². The number of phenolic OH excluding ortho intramolecular Hbond substituents is 1. The van der Waals surface area contributed by atoms with Crippen LogP contribution in [0.25, 0.3) is 0 Å². The van der Waals surface area contributed by atoms with E-state index in [0.717, 1.165) is 23.1 Å². The molecule has 6 nitrogen and oxygen atoms in total. The molecule has 1 aromatic heterocycles. The predicted molar refractivity (Wildman–Crippen MR) is 108 cm³/mol. The molecular weight excluding hydrogens is 386 g/mol. The number of hydrogen-bond acceptors (Lipinski definition) is 6. The maximum atomic E-state index is 12.8. The molecule has 27 heavy (non-hydrogen) atoms. The van der Waals surface area contributed by atoms with Crippen LogP contribution in [0.4, 0.5) is 5.00 Å². The molecule has 0 aliphatic carbocycles. The van der Waals surface area contributed by atoms with Crippen molar-refractivity contribution in [1.29, 1.82) is 0 Å². The first-order valence-corrected chi connectivity index (χ1v) is 10.3. The number of aliphatic carboxylic acids is 1. The fourth-order valence-electron chi connectivity index (χ4n) is 2.39. The molecule has 0 aliphatic rings. The number of carbonyl (C=O) groups is 3. The van der Waals surface area contributed by atoms with E-state index in [1.807, 2.05) is 13.8 Å². The number of amides is 1. The van der Waals surface area contributed by atoms with Crippen molar-refractivity contribution in [2.75, 3.05) is 11.1 Å². The van der Waals surface area contributed by atoms with Crippen molar-refractivity contribution in [2.24, 2.45) is 0 Å². The van der Waals surface area contributed by atoms with Gasteiger partial charge in [-0.1, -0.05) is 13.8 Å². The minimum absolute atomic E-state index is 0.0703. The summed E-state index contributed by atoms with van der Waals surface area (Å²) in [5, 5.41) is 21.0. The number of carbonyl (C=O) groups excluding carboxylic acids is 2. The Hall–Kier alpha value is -2.32. The highest BCUT2D eigenvalue weighted by molar-refractivity contribution is 8.01. The second-order valence-corrected chi connectivity index (χ2v) is 8.10. The lowest BCUT2D eigenvalue weighted by Gasteiger charge is -2.13. The van der Waals surface area contributed by atoms with Crippen LogP contribution in [0.1, 0.15) is 41.1 Å². The molecule has 0 saturated heterocycles. The molecule has 2 rings (SSSR count). The molecule has 2 aromatic rings. The standard InChI is InChI=1S/C19H21NO5S2/c1-3-13-9-14(17(24)11-5-7-12(21)8-6-11)19(27-13)20-18(25)15(4-2)26-10-16(22)23/h5-9,15,21H,3-4,10H2,1-2H3,(H,20,25)(H,22,23). The van der Waals surface area contributed by atoms with Gasteiger partial charge in [0, 0.05) is 10.4 Å². The normalized spacial score (nSPS) is 11.8. The summed E-state index contributed by atoms with van der Waals surface area (Å²) in [4.78, 5) is 37.1. The molecule has 8 heteroatoms. The molecule has 1 aromatic carbocycles. The quantitative estimate of drug-likeness (QED) is 0.547. The lowest BCUT2D eigenvalue weighted by Crippen LogP contribution is -2.26. The minimum atomic E-state index is -0.973.